The highest BCUT2D eigenvalue weighted by molar-refractivity contribution is 9.15. The second-order valence-corrected chi connectivity index (χ2v) is 7.62. The third-order valence-electron chi connectivity index (χ3n) is 3.55. The molecular weight excluding hydrogens is 496 g/mol. The Morgan fingerprint density at radius 1 is 1.11 bits per heavy atom. The minimum atomic E-state index is 0.0568. The molecule has 1 N–H and O–H groups in total. The van der Waals surface area contributed by atoms with Crippen molar-refractivity contribution in [1.29, 1.82) is 0 Å². The molecule has 0 saturated carbocycles. The zero-order chi connectivity index (χ0) is 13.2. The third-order valence-corrected chi connectivity index (χ3v) is 8.35. The minimum Gasteiger partial charge on any atom is -0.363 e. The summed E-state index contributed by atoms with van der Waals surface area (Å²) in [6.45, 7) is 0. The van der Waals surface area contributed by atoms with Gasteiger partial charge in [0.05, 0.1) is 10.2 Å². The fourth-order valence-corrected chi connectivity index (χ4v) is 5.17. The van der Waals surface area contributed by atoms with Gasteiger partial charge >= 0.3 is 0 Å². The second-order valence-electron chi connectivity index (χ2n) is 4.45. The molecule has 0 radical (unpaired) electrons. The summed E-state index contributed by atoms with van der Waals surface area (Å²) < 4.78 is 3.94. The normalized spacial score (nSPS) is 25.2. The van der Waals surface area contributed by atoms with Gasteiger partial charge in [-0.2, -0.15) is 0 Å². The van der Waals surface area contributed by atoms with Crippen LogP contribution in [0.25, 0.3) is 0 Å². The summed E-state index contributed by atoms with van der Waals surface area (Å²) in [5.74, 6) is 0.387. The summed E-state index contributed by atoms with van der Waals surface area (Å²) in [5.41, 5.74) is 2.23. The number of hydrogen-bond donors (Lipinski definition) is 1. The number of amides is 1. The SMILES string of the molecule is CN1C(=O)CC2c3c(Br)c(Br)c(Br)c(Br)c3NC21. The topological polar surface area (TPSA) is 32.3 Å². The van der Waals surface area contributed by atoms with Crippen LogP contribution in [0.15, 0.2) is 17.9 Å². The van der Waals surface area contributed by atoms with Crippen LogP contribution >= 0.6 is 63.7 Å². The van der Waals surface area contributed by atoms with Crippen molar-refractivity contribution in [1.82, 2.24) is 4.90 Å². The number of carbonyl (C=O) groups excluding carboxylic acids is 1. The van der Waals surface area contributed by atoms with Crippen molar-refractivity contribution in [3.8, 4) is 0 Å². The zero-order valence-corrected chi connectivity index (χ0v) is 15.6. The van der Waals surface area contributed by atoms with Crippen molar-refractivity contribution in [3.05, 3.63) is 23.5 Å². The van der Waals surface area contributed by atoms with Gasteiger partial charge in [0.1, 0.15) is 6.17 Å². The van der Waals surface area contributed by atoms with Crippen LogP contribution < -0.4 is 5.32 Å². The highest BCUT2D eigenvalue weighted by Gasteiger charge is 2.46. The van der Waals surface area contributed by atoms with Crippen LogP contribution in [-0.4, -0.2) is 24.0 Å². The van der Waals surface area contributed by atoms with Crippen LogP contribution in [0.5, 0.6) is 0 Å². The van der Waals surface area contributed by atoms with E-state index in [9.17, 15) is 4.79 Å². The van der Waals surface area contributed by atoms with E-state index in [1.807, 2.05) is 7.05 Å². The van der Waals surface area contributed by atoms with Gasteiger partial charge < -0.3 is 10.2 Å². The van der Waals surface area contributed by atoms with Gasteiger partial charge in [0, 0.05) is 32.8 Å². The molecule has 2 unspecified atom stereocenters. The number of nitrogens with zero attached hydrogens (tertiary/aromatic N) is 1. The maximum atomic E-state index is 11.8. The molecule has 2 aliphatic heterocycles. The molecule has 0 bridgehead atoms. The van der Waals surface area contributed by atoms with E-state index in [-0.39, 0.29) is 18.0 Å². The van der Waals surface area contributed by atoms with Crippen LogP contribution in [0.1, 0.15) is 17.9 Å². The first kappa shape index (κ1) is 13.4. The Labute approximate surface area is 138 Å². The van der Waals surface area contributed by atoms with Gasteiger partial charge in [-0.15, -0.1) is 0 Å². The largest absolute Gasteiger partial charge is 0.363 e. The molecule has 2 atom stereocenters. The van der Waals surface area contributed by atoms with E-state index in [1.165, 1.54) is 5.56 Å². The van der Waals surface area contributed by atoms with Gasteiger partial charge in [-0.1, -0.05) is 0 Å². The number of likely N-dealkylation sites (tertiary alicyclic amines) is 1. The van der Waals surface area contributed by atoms with Gasteiger partial charge in [0.25, 0.3) is 0 Å². The number of benzene rings is 1. The van der Waals surface area contributed by atoms with Crippen molar-refractivity contribution in [2.75, 3.05) is 12.4 Å². The Balaban J connectivity index is 2.22. The van der Waals surface area contributed by atoms with Crippen LogP contribution in [0.4, 0.5) is 5.69 Å². The minimum absolute atomic E-state index is 0.0568. The lowest BCUT2D eigenvalue weighted by Gasteiger charge is -2.19. The average Bonchev–Trinajstić information content (AvgIpc) is 2.83. The molecule has 1 saturated heterocycles. The molecule has 3 rings (SSSR count). The summed E-state index contributed by atoms with van der Waals surface area (Å²) >= 11 is 14.3. The lowest BCUT2D eigenvalue weighted by molar-refractivity contribution is -0.127. The Kier molecular flexibility index (Phi) is 3.32. The number of carbonyl (C=O) groups is 1. The molecule has 96 valence electrons. The predicted octanol–water partition coefficient (Wildman–Crippen LogP) is 4.43. The zero-order valence-electron chi connectivity index (χ0n) is 9.23. The summed E-state index contributed by atoms with van der Waals surface area (Å²) in [6, 6.07) is 0. The first-order chi connectivity index (χ1) is 8.43. The van der Waals surface area contributed by atoms with Crippen molar-refractivity contribution < 1.29 is 4.79 Å². The Hall–Kier alpha value is 0.410. The number of rotatable bonds is 0. The van der Waals surface area contributed by atoms with E-state index in [1.54, 1.807) is 4.90 Å². The second kappa shape index (κ2) is 4.46. The number of hydrogen-bond acceptors (Lipinski definition) is 2. The van der Waals surface area contributed by atoms with Gasteiger partial charge in [-0.3, -0.25) is 4.79 Å². The van der Waals surface area contributed by atoms with Crippen molar-refractivity contribution in [2.24, 2.45) is 0 Å². The smallest absolute Gasteiger partial charge is 0.224 e. The Morgan fingerprint density at radius 3 is 2.39 bits per heavy atom. The fourth-order valence-electron chi connectivity index (χ4n) is 2.61. The molecule has 0 aromatic heterocycles. The standard InChI is InChI=1S/C11H8Br4N2O/c1-17-4(18)2-3-5-6(12)7(13)8(14)9(15)10(5)16-11(3)17/h3,11,16H,2H2,1H3. The van der Waals surface area contributed by atoms with E-state index in [2.05, 4.69) is 69.0 Å². The maximum Gasteiger partial charge on any atom is 0.224 e. The molecule has 1 fully saturated rings. The first-order valence-electron chi connectivity index (χ1n) is 5.31. The number of anilines is 1. The van der Waals surface area contributed by atoms with Crippen molar-refractivity contribution in [3.63, 3.8) is 0 Å². The van der Waals surface area contributed by atoms with Crippen LogP contribution in [0.3, 0.4) is 0 Å². The van der Waals surface area contributed by atoms with Crippen molar-refractivity contribution >= 4 is 75.3 Å². The summed E-state index contributed by atoms with van der Waals surface area (Å²) in [7, 11) is 1.85. The van der Waals surface area contributed by atoms with Gasteiger partial charge in [-0.05, 0) is 69.3 Å². The monoisotopic (exact) mass is 500 g/mol. The predicted molar refractivity (Wildman–Crippen MR) is 84.8 cm³/mol. The molecule has 3 nitrogen and oxygen atoms in total. The average molecular weight is 504 g/mol. The number of halogens is 4. The highest BCUT2D eigenvalue weighted by Crippen LogP contribution is 2.54. The Bertz CT molecular complexity index is 575. The van der Waals surface area contributed by atoms with E-state index < -0.39 is 0 Å². The molecule has 1 aromatic rings. The van der Waals surface area contributed by atoms with E-state index in [0.717, 1.165) is 23.6 Å². The molecule has 1 amide bonds. The molecule has 0 spiro atoms. The number of nitrogens with one attached hydrogen (secondary N) is 1. The highest BCUT2D eigenvalue weighted by atomic mass is 79.9. The van der Waals surface area contributed by atoms with E-state index in [4.69, 9.17) is 0 Å². The molecule has 1 aromatic carbocycles. The molecule has 0 aliphatic carbocycles. The van der Waals surface area contributed by atoms with Gasteiger partial charge in [-0.25, -0.2) is 0 Å². The van der Waals surface area contributed by atoms with Crippen molar-refractivity contribution in [2.45, 2.75) is 18.5 Å². The molecule has 18 heavy (non-hydrogen) atoms. The van der Waals surface area contributed by atoms with Gasteiger partial charge in [0.15, 0.2) is 0 Å². The lowest BCUT2D eigenvalue weighted by Crippen LogP contribution is -2.34. The van der Waals surface area contributed by atoms with Crippen LogP contribution in [-0.2, 0) is 4.79 Å². The molecular formula is C11H8Br4N2O. The third kappa shape index (κ3) is 1.66. The quantitative estimate of drug-likeness (QED) is 0.420. The maximum absolute atomic E-state index is 11.8. The number of fused-ring (bicyclic) bond motifs is 3. The number of likely N-dealkylation sites (N-methyl/N-ethyl adjacent to an activating group) is 1. The van der Waals surface area contributed by atoms with Crippen LogP contribution in [0.2, 0.25) is 0 Å². The van der Waals surface area contributed by atoms with Crippen LogP contribution in [0, 0.1) is 0 Å². The molecule has 7 heteroatoms. The summed E-state index contributed by atoms with van der Waals surface area (Å²) in [5, 5.41) is 3.43. The lowest BCUT2D eigenvalue weighted by atomic mass is 9.98. The first-order valence-corrected chi connectivity index (χ1v) is 8.48. The Morgan fingerprint density at radius 2 is 1.72 bits per heavy atom. The van der Waals surface area contributed by atoms with Gasteiger partial charge in [0.2, 0.25) is 5.91 Å². The summed E-state index contributed by atoms with van der Waals surface area (Å²) in [4.78, 5) is 13.6. The van der Waals surface area contributed by atoms with E-state index >= 15 is 0 Å². The van der Waals surface area contributed by atoms with E-state index in [0.29, 0.717) is 6.42 Å². The summed E-state index contributed by atoms with van der Waals surface area (Å²) in [6.07, 6.45) is 0.613. The molecule has 2 aliphatic rings. The molecule has 2 heterocycles. The fraction of sp³-hybridized carbons (Fsp3) is 0.364.